The minimum Gasteiger partial charge on any atom is -0.299 e. The molecule has 0 N–H and O–H groups in total. The molecule has 118 valence electrons. The number of carbonyl (C=O) groups is 1. The lowest BCUT2D eigenvalue weighted by atomic mass is 10.3. The van der Waals surface area contributed by atoms with Crippen molar-refractivity contribution in [2.45, 2.75) is 23.1 Å². The Morgan fingerprint density at radius 2 is 1.27 bits per heavy atom. The lowest BCUT2D eigenvalue weighted by Gasteiger charge is -2.39. The lowest BCUT2D eigenvalue weighted by Crippen LogP contribution is -2.39. The van der Waals surface area contributed by atoms with Crippen LogP contribution in [0.15, 0.2) is 58.3 Å². The summed E-state index contributed by atoms with van der Waals surface area (Å²) >= 11 is 11.9. The highest BCUT2D eigenvalue weighted by molar-refractivity contribution is 8.20. The molecule has 0 aliphatic rings. The van der Waals surface area contributed by atoms with Crippen molar-refractivity contribution in [1.82, 2.24) is 0 Å². The van der Waals surface area contributed by atoms with Crippen LogP contribution in [0.5, 0.6) is 0 Å². The SMILES string of the molecule is CCC(=O)CS(C)(=O)(c1ccc(Cl)cc1)c1ccc(Cl)cc1. The number of hydrogen-bond acceptors (Lipinski definition) is 2. The van der Waals surface area contributed by atoms with Gasteiger partial charge in [0.1, 0.15) is 5.78 Å². The van der Waals surface area contributed by atoms with E-state index in [0.717, 1.165) is 0 Å². The van der Waals surface area contributed by atoms with E-state index in [1.165, 1.54) is 0 Å². The van der Waals surface area contributed by atoms with Crippen molar-refractivity contribution in [3.8, 4) is 0 Å². The predicted octanol–water partition coefficient (Wildman–Crippen LogP) is 4.84. The van der Waals surface area contributed by atoms with E-state index in [2.05, 4.69) is 0 Å². The fourth-order valence-electron chi connectivity index (χ4n) is 2.37. The van der Waals surface area contributed by atoms with E-state index in [1.54, 1.807) is 61.7 Å². The smallest absolute Gasteiger partial charge is 0.143 e. The van der Waals surface area contributed by atoms with Crippen LogP contribution in [-0.4, -0.2) is 22.0 Å². The molecule has 0 aromatic heterocycles. The number of carbonyl (C=O) groups excluding carboxylic acids is 1. The molecule has 0 heterocycles. The molecule has 0 amide bonds. The fourth-order valence-corrected chi connectivity index (χ4v) is 5.91. The van der Waals surface area contributed by atoms with E-state index >= 15 is 0 Å². The van der Waals surface area contributed by atoms with Crippen LogP contribution in [0.2, 0.25) is 10.0 Å². The highest BCUT2D eigenvalue weighted by atomic mass is 35.5. The molecule has 0 spiro atoms. The van der Waals surface area contributed by atoms with Crippen LogP contribution in [0.25, 0.3) is 0 Å². The number of hydrogen-bond donors (Lipinski definition) is 0. The van der Waals surface area contributed by atoms with Gasteiger partial charge in [-0.2, -0.15) is 0 Å². The van der Waals surface area contributed by atoms with E-state index in [4.69, 9.17) is 23.2 Å². The summed E-state index contributed by atoms with van der Waals surface area (Å²) in [6.07, 6.45) is 2.01. The predicted molar refractivity (Wildman–Crippen MR) is 93.7 cm³/mol. The topological polar surface area (TPSA) is 34.1 Å². The minimum absolute atomic E-state index is 0.0169. The summed E-state index contributed by atoms with van der Waals surface area (Å²) in [6, 6.07) is 13.7. The first kappa shape index (κ1) is 17.2. The van der Waals surface area contributed by atoms with E-state index in [0.29, 0.717) is 26.3 Å². The lowest BCUT2D eigenvalue weighted by molar-refractivity contribution is -0.116. The second-order valence-electron chi connectivity index (χ2n) is 5.48. The van der Waals surface area contributed by atoms with Crippen molar-refractivity contribution >= 4 is 38.1 Å². The van der Waals surface area contributed by atoms with Gasteiger partial charge in [-0.05, 0) is 57.6 Å². The maximum absolute atomic E-state index is 14.1. The van der Waals surface area contributed by atoms with Crippen LogP contribution in [0.4, 0.5) is 0 Å². The monoisotopic (exact) mass is 356 g/mol. The molecule has 0 saturated heterocycles. The van der Waals surface area contributed by atoms with Crippen LogP contribution < -0.4 is 0 Å². The Labute approximate surface area is 140 Å². The molecule has 2 aromatic rings. The molecule has 0 aliphatic carbocycles. The van der Waals surface area contributed by atoms with Crippen molar-refractivity contribution in [2.75, 3.05) is 12.0 Å². The summed E-state index contributed by atoms with van der Waals surface area (Å²) in [4.78, 5) is 13.3. The van der Waals surface area contributed by atoms with Crippen LogP contribution in [-0.2, 0) is 13.9 Å². The Balaban J connectivity index is 2.68. The van der Waals surface area contributed by atoms with Gasteiger partial charge in [0.05, 0.1) is 5.75 Å². The summed E-state index contributed by atoms with van der Waals surface area (Å²) in [5.74, 6) is -0.0545. The van der Waals surface area contributed by atoms with Gasteiger partial charge in [-0.1, -0.05) is 30.1 Å². The van der Waals surface area contributed by atoms with Crippen LogP contribution >= 0.6 is 23.2 Å². The molecule has 0 saturated carbocycles. The summed E-state index contributed by atoms with van der Waals surface area (Å²) in [5, 5.41) is 1.13. The van der Waals surface area contributed by atoms with Crippen molar-refractivity contribution in [1.29, 1.82) is 0 Å². The number of benzene rings is 2. The van der Waals surface area contributed by atoms with Gasteiger partial charge < -0.3 is 0 Å². The van der Waals surface area contributed by atoms with Crippen molar-refractivity contribution in [2.24, 2.45) is 0 Å². The molecule has 0 aliphatic heterocycles. The number of Topliss-reactive ketones (excluding diaryl/α,β-unsaturated/α-hetero) is 1. The average Bonchev–Trinajstić information content (AvgIpc) is 2.48. The van der Waals surface area contributed by atoms with Gasteiger partial charge in [0.15, 0.2) is 0 Å². The average molecular weight is 357 g/mol. The molecule has 2 nitrogen and oxygen atoms in total. The highest BCUT2D eigenvalue weighted by Gasteiger charge is 2.38. The quantitative estimate of drug-likeness (QED) is 0.767. The van der Waals surface area contributed by atoms with Crippen LogP contribution in [0, 0.1) is 0 Å². The molecule has 2 aromatic carbocycles. The summed E-state index contributed by atoms with van der Waals surface area (Å²) in [7, 11) is -3.54. The molecular formula is C17H18Cl2O2S. The van der Waals surface area contributed by atoms with Crippen LogP contribution in [0.3, 0.4) is 0 Å². The first-order valence-corrected chi connectivity index (χ1v) is 10.2. The molecule has 0 atom stereocenters. The van der Waals surface area contributed by atoms with Gasteiger partial charge >= 0.3 is 0 Å². The molecule has 0 radical (unpaired) electrons. The Hall–Kier alpha value is -1.16. The van der Waals surface area contributed by atoms with E-state index in [-0.39, 0.29) is 11.5 Å². The van der Waals surface area contributed by atoms with Gasteiger partial charge in [0.2, 0.25) is 0 Å². The molecule has 5 heteroatoms. The van der Waals surface area contributed by atoms with E-state index in [9.17, 15) is 9.00 Å². The van der Waals surface area contributed by atoms with E-state index < -0.39 is 9.07 Å². The third kappa shape index (κ3) is 3.27. The summed E-state index contributed by atoms with van der Waals surface area (Å²) in [5.41, 5.74) is 0. The zero-order chi connectivity index (χ0) is 16.4. The maximum atomic E-state index is 14.1. The largest absolute Gasteiger partial charge is 0.299 e. The van der Waals surface area contributed by atoms with Gasteiger partial charge in [0.25, 0.3) is 0 Å². The Bertz CT molecular complexity index is 700. The first-order chi connectivity index (χ1) is 10.2. The summed E-state index contributed by atoms with van der Waals surface area (Å²) in [6.45, 7) is 1.78. The molecule has 0 unspecified atom stereocenters. The Morgan fingerprint density at radius 3 is 1.59 bits per heavy atom. The zero-order valence-electron chi connectivity index (χ0n) is 12.5. The Morgan fingerprint density at radius 1 is 0.909 bits per heavy atom. The van der Waals surface area contributed by atoms with Gasteiger partial charge in [-0.15, -0.1) is 0 Å². The highest BCUT2D eigenvalue weighted by Crippen LogP contribution is 2.42. The van der Waals surface area contributed by atoms with Gasteiger partial charge in [-0.3, -0.25) is 9.00 Å². The fraction of sp³-hybridized carbons (Fsp3) is 0.235. The van der Waals surface area contributed by atoms with Gasteiger partial charge in [0, 0.05) is 32.5 Å². The number of rotatable bonds is 5. The molecular weight excluding hydrogens is 339 g/mol. The standard InChI is InChI=1S/C17H18Cl2O2S/c1-3-15(20)12-22(2,21,16-8-4-13(18)5-9-16)17-10-6-14(19)7-11-17/h4-11H,3,12H2,1-2H3. The van der Waals surface area contributed by atoms with Crippen molar-refractivity contribution in [3.05, 3.63) is 58.6 Å². The molecule has 0 fully saturated rings. The van der Waals surface area contributed by atoms with Crippen molar-refractivity contribution in [3.63, 3.8) is 0 Å². The second kappa shape index (κ2) is 6.15. The third-order valence-corrected chi connectivity index (χ3v) is 8.29. The number of ketones is 1. The van der Waals surface area contributed by atoms with Gasteiger partial charge in [-0.25, -0.2) is 0 Å². The molecule has 0 bridgehead atoms. The maximum Gasteiger partial charge on any atom is 0.143 e. The number of halogens is 2. The second-order valence-corrected chi connectivity index (χ2v) is 10.7. The zero-order valence-corrected chi connectivity index (χ0v) is 14.8. The third-order valence-electron chi connectivity index (χ3n) is 3.76. The first-order valence-electron chi connectivity index (χ1n) is 6.91. The van der Waals surface area contributed by atoms with E-state index in [1.807, 2.05) is 0 Å². The summed E-state index contributed by atoms with van der Waals surface area (Å²) < 4.78 is 14.1. The van der Waals surface area contributed by atoms with Crippen LogP contribution in [0.1, 0.15) is 13.3 Å². The minimum atomic E-state index is -3.54. The Kier molecular flexibility index (Phi) is 4.81. The molecule has 2 rings (SSSR count). The normalized spacial score (nSPS) is 13.4. The molecule has 22 heavy (non-hydrogen) atoms. The van der Waals surface area contributed by atoms with Crippen molar-refractivity contribution < 1.29 is 9.00 Å².